The molecule has 0 saturated heterocycles. The lowest BCUT2D eigenvalue weighted by atomic mass is 10.3. The topological polar surface area (TPSA) is 98.2 Å². The fourth-order valence-electron chi connectivity index (χ4n) is 1.12. The molecule has 0 aliphatic heterocycles. The van der Waals surface area contributed by atoms with Crippen LogP contribution in [-0.2, 0) is 10.0 Å². The van der Waals surface area contributed by atoms with Crippen molar-refractivity contribution < 1.29 is 21.6 Å². The van der Waals surface area contributed by atoms with Gasteiger partial charge in [-0.15, -0.1) is 0 Å². The molecule has 0 bridgehead atoms. The summed E-state index contributed by atoms with van der Waals surface area (Å²) in [4.78, 5) is -0.324. The highest BCUT2D eigenvalue weighted by Crippen LogP contribution is 2.22. The summed E-state index contributed by atoms with van der Waals surface area (Å²) in [6, 6.07) is 3.27. The van der Waals surface area contributed by atoms with Gasteiger partial charge in [-0.2, -0.15) is 13.2 Å². The van der Waals surface area contributed by atoms with Crippen LogP contribution in [0.25, 0.3) is 0 Å². The lowest BCUT2D eigenvalue weighted by Gasteiger charge is -2.11. The highest BCUT2D eigenvalue weighted by atomic mass is 32.2. The van der Waals surface area contributed by atoms with Gasteiger partial charge in [-0.3, -0.25) is 0 Å². The zero-order valence-electron chi connectivity index (χ0n) is 8.45. The Morgan fingerprint density at radius 1 is 1.29 bits per heavy atom. The number of alkyl halides is 3. The molecular formula is C8H10F3N3O2S. The summed E-state index contributed by atoms with van der Waals surface area (Å²) in [5, 5.41) is 6.91. The SMILES string of the molecule is Nc1cc(NCC(F)(F)F)ccc1S(N)(=O)=O. The molecule has 5 nitrogen and oxygen atoms in total. The fraction of sp³-hybridized carbons (Fsp3) is 0.250. The van der Waals surface area contributed by atoms with Crippen LogP contribution in [0.5, 0.6) is 0 Å². The van der Waals surface area contributed by atoms with Crippen LogP contribution in [0.15, 0.2) is 23.1 Å². The number of primary sulfonamides is 1. The number of benzene rings is 1. The summed E-state index contributed by atoms with van der Waals surface area (Å²) in [7, 11) is -3.97. The summed E-state index contributed by atoms with van der Waals surface area (Å²) in [5.74, 6) is 0. The van der Waals surface area contributed by atoms with Gasteiger partial charge in [-0.25, -0.2) is 13.6 Å². The molecule has 0 radical (unpaired) electrons. The molecular weight excluding hydrogens is 259 g/mol. The number of hydrogen-bond donors (Lipinski definition) is 3. The Balaban J connectivity index is 2.91. The molecule has 0 aromatic heterocycles. The minimum Gasteiger partial charge on any atom is -0.398 e. The van der Waals surface area contributed by atoms with Gasteiger partial charge >= 0.3 is 6.18 Å². The van der Waals surface area contributed by atoms with E-state index < -0.39 is 22.7 Å². The standard InChI is InChI=1S/C8H10F3N3O2S/c9-8(10,11)4-14-5-1-2-7(6(12)3-5)17(13,15)16/h1-3,14H,4,12H2,(H2,13,15,16). The maximum absolute atomic E-state index is 11.9. The molecule has 0 spiro atoms. The predicted octanol–water partition coefficient (Wildman–Crippen LogP) is 0.890. The minimum absolute atomic E-state index is 0.0622. The van der Waals surface area contributed by atoms with E-state index in [4.69, 9.17) is 10.9 Å². The second-order valence-electron chi connectivity index (χ2n) is 3.27. The van der Waals surface area contributed by atoms with Crippen molar-refractivity contribution in [1.82, 2.24) is 0 Å². The van der Waals surface area contributed by atoms with Gasteiger partial charge in [0, 0.05) is 5.69 Å². The number of nitrogens with two attached hydrogens (primary N) is 2. The van der Waals surface area contributed by atoms with Crippen molar-refractivity contribution in [1.29, 1.82) is 0 Å². The highest BCUT2D eigenvalue weighted by Gasteiger charge is 2.26. The molecule has 0 aliphatic carbocycles. The summed E-state index contributed by atoms with van der Waals surface area (Å²) < 4.78 is 57.7. The molecule has 0 fully saturated rings. The average Bonchev–Trinajstić information content (AvgIpc) is 2.11. The van der Waals surface area contributed by atoms with Crippen LogP contribution in [0.2, 0.25) is 0 Å². The van der Waals surface area contributed by atoms with Gasteiger partial charge in [0.05, 0.1) is 5.69 Å². The normalized spacial score (nSPS) is 12.5. The van der Waals surface area contributed by atoms with Gasteiger partial charge < -0.3 is 11.1 Å². The lowest BCUT2D eigenvalue weighted by Crippen LogP contribution is -2.21. The molecule has 5 N–H and O–H groups in total. The van der Waals surface area contributed by atoms with Crippen molar-refractivity contribution in [3.05, 3.63) is 18.2 Å². The average molecular weight is 269 g/mol. The molecule has 0 aliphatic rings. The number of hydrogen-bond acceptors (Lipinski definition) is 4. The van der Waals surface area contributed by atoms with Crippen molar-refractivity contribution in [3.63, 3.8) is 0 Å². The Morgan fingerprint density at radius 3 is 2.29 bits per heavy atom. The van der Waals surface area contributed by atoms with Gasteiger partial charge in [0.2, 0.25) is 10.0 Å². The largest absolute Gasteiger partial charge is 0.405 e. The molecule has 1 rings (SSSR count). The Labute approximate surface area is 95.6 Å². The number of nitrogen functional groups attached to an aromatic ring is 1. The molecule has 17 heavy (non-hydrogen) atoms. The predicted molar refractivity (Wildman–Crippen MR) is 56.8 cm³/mol. The van der Waals surface area contributed by atoms with E-state index in [2.05, 4.69) is 5.32 Å². The maximum atomic E-state index is 11.9. The summed E-state index contributed by atoms with van der Waals surface area (Å²) >= 11 is 0. The summed E-state index contributed by atoms with van der Waals surface area (Å²) in [5.41, 5.74) is 5.22. The van der Waals surface area contributed by atoms with Crippen molar-refractivity contribution in [2.24, 2.45) is 5.14 Å². The first-order valence-electron chi connectivity index (χ1n) is 4.32. The summed E-state index contributed by atoms with van der Waals surface area (Å²) in [6.45, 7) is -1.23. The fourth-order valence-corrected chi connectivity index (χ4v) is 1.76. The Morgan fingerprint density at radius 2 is 1.88 bits per heavy atom. The third-order valence-electron chi connectivity index (χ3n) is 1.81. The summed E-state index contributed by atoms with van der Waals surface area (Å²) in [6.07, 6.45) is -4.37. The first kappa shape index (κ1) is 13.6. The van der Waals surface area contributed by atoms with E-state index >= 15 is 0 Å². The van der Waals surface area contributed by atoms with Crippen LogP contribution in [0.1, 0.15) is 0 Å². The second kappa shape index (κ2) is 4.41. The van der Waals surface area contributed by atoms with Gasteiger partial charge in [-0.05, 0) is 18.2 Å². The molecule has 0 heterocycles. The first-order valence-corrected chi connectivity index (χ1v) is 5.87. The van der Waals surface area contributed by atoms with Gasteiger partial charge in [0.25, 0.3) is 0 Å². The molecule has 9 heteroatoms. The zero-order valence-corrected chi connectivity index (χ0v) is 9.27. The molecule has 96 valence electrons. The van der Waals surface area contributed by atoms with E-state index in [1.165, 1.54) is 0 Å². The quantitative estimate of drug-likeness (QED) is 0.710. The molecule has 0 atom stereocenters. The highest BCUT2D eigenvalue weighted by molar-refractivity contribution is 7.89. The number of halogens is 3. The first-order chi connectivity index (χ1) is 7.59. The van der Waals surface area contributed by atoms with Crippen molar-refractivity contribution >= 4 is 21.4 Å². The molecule has 0 saturated carbocycles. The van der Waals surface area contributed by atoms with Crippen LogP contribution in [0.4, 0.5) is 24.5 Å². The van der Waals surface area contributed by atoms with Crippen LogP contribution < -0.4 is 16.2 Å². The minimum atomic E-state index is -4.37. The number of rotatable bonds is 3. The van der Waals surface area contributed by atoms with Crippen LogP contribution in [-0.4, -0.2) is 21.1 Å². The van der Waals surface area contributed by atoms with E-state index in [-0.39, 0.29) is 16.3 Å². The van der Waals surface area contributed by atoms with E-state index in [1.807, 2.05) is 0 Å². The van der Waals surface area contributed by atoms with Gasteiger partial charge in [0.1, 0.15) is 11.4 Å². The Bertz CT molecular complexity index is 513. The second-order valence-corrected chi connectivity index (χ2v) is 4.80. The molecule has 0 amide bonds. The third-order valence-corrected chi connectivity index (χ3v) is 2.79. The van der Waals surface area contributed by atoms with Crippen LogP contribution in [0, 0.1) is 0 Å². The van der Waals surface area contributed by atoms with Crippen molar-refractivity contribution in [2.45, 2.75) is 11.1 Å². The van der Waals surface area contributed by atoms with Crippen LogP contribution >= 0.6 is 0 Å². The van der Waals surface area contributed by atoms with Crippen LogP contribution in [0.3, 0.4) is 0 Å². The number of sulfonamides is 1. The van der Waals surface area contributed by atoms with E-state index in [9.17, 15) is 21.6 Å². The third kappa shape index (κ3) is 4.11. The Hall–Kier alpha value is -1.48. The number of nitrogens with one attached hydrogen (secondary N) is 1. The zero-order chi connectivity index (χ0) is 13.3. The Kier molecular flexibility index (Phi) is 3.53. The molecule has 1 aromatic rings. The molecule has 1 aromatic carbocycles. The van der Waals surface area contributed by atoms with Gasteiger partial charge in [0.15, 0.2) is 0 Å². The van der Waals surface area contributed by atoms with Gasteiger partial charge in [-0.1, -0.05) is 0 Å². The van der Waals surface area contributed by atoms with Crippen molar-refractivity contribution in [2.75, 3.05) is 17.6 Å². The van der Waals surface area contributed by atoms with E-state index in [1.54, 1.807) is 0 Å². The lowest BCUT2D eigenvalue weighted by molar-refractivity contribution is -0.115. The number of anilines is 2. The van der Waals surface area contributed by atoms with E-state index in [0.717, 1.165) is 18.2 Å². The smallest absolute Gasteiger partial charge is 0.398 e. The van der Waals surface area contributed by atoms with Crippen molar-refractivity contribution in [3.8, 4) is 0 Å². The monoisotopic (exact) mass is 269 g/mol. The maximum Gasteiger partial charge on any atom is 0.405 e. The van der Waals surface area contributed by atoms with E-state index in [0.29, 0.717) is 0 Å². The molecule has 0 unspecified atom stereocenters.